The molecule has 14 heteroatoms. The molecule has 0 saturated carbocycles. The number of fused-ring (bicyclic) bond motifs is 1. The first-order valence-electron chi connectivity index (χ1n) is 9.33. The van der Waals surface area contributed by atoms with Gasteiger partial charge in [-0.1, -0.05) is 20.8 Å². The third-order valence-corrected chi connectivity index (χ3v) is 6.27. The smallest absolute Gasteiger partial charge is 0.355 e. The van der Waals surface area contributed by atoms with Gasteiger partial charge >= 0.3 is 7.60 Å². The molecule has 3 N–H and O–H groups in total. The van der Waals surface area contributed by atoms with Crippen molar-refractivity contribution in [2.45, 2.75) is 45.5 Å². The molecule has 2 aromatic rings. The number of carbonyl (C=O) groups is 1. The van der Waals surface area contributed by atoms with Crippen molar-refractivity contribution < 1.29 is 38.1 Å². The Labute approximate surface area is 178 Å². The first-order valence-corrected chi connectivity index (χ1v) is 11.1. The van der Waals surface area contributed by atoms with Gasteiger partial charge in [-0.05, 0) is 0 Å². The maximum Gasteiger partial charge on any atom is 0.355 e. The molecule has 0 aliphatic carbocycles. The Hall–Kier alpha value is -1.99. The molecule has 3 rings (SSSR count). The number of imidazole rings is 1. The molecule has 31 heavy (non-hydrogen) atoms. The normalized spacial score (nSPS) is 24.6. The second-order valence-corrected chi connectivity index (χ2v) is 10.1. The number of nitrogens with one attached hydrogen (secondary N) is 1. The minimum absolute atomic E-state index is 0.200. The van der Waals surface area contributed by atoms with E-state index in [2.05, 4.69) is 20.3 Å². The van der Waals surface area contributed by atoms with Crippen LogP contribution < -0.4 is 5.32 Å². The average Bonchev–Trinajstić information content (AvgIpc) is 3.28. The largest absolute Gasteiger partial charge is 0.385 e. The standard InChI is InChI=1S/C17H26N5O8P/c1-17(2,3)16(25)21-12-9-13(19-6-18-12)22(7-20-9)14-10(23)11(24)15(30-14)29-8-31(26,27-4)28-5/h6-7,10-11,14-15,23-24H,8H2,1-5H3,(H,18,19,21,25)/t10-,11+,14-,15+/m1/s1. The van der Waals surface area contributed by atoms with Crippen molar-refractivity contribution in [2.24, 2.45) is 5.41 Å². The fraction of sp³-hybridized carbons (Fsp3) is 0.647. The van der Waals surface area contributed by atoms with E-state index in [1.54, 1.807) is 20.8 Å². The van der Waals surface area contributed by atoms with E-state index < -0.39 is 44.1 Å². The predicted molar refractivity (Wildman–Crippen MR) is 107 cm³/mol. The van der Waals surface area contributed by atoms with Crippen LogP contribution in [0.15, 0.2) is 12.7 Å². The van der Waals surface area contributed by atoms with Crippen LogP contribution in [0.5, 0.6) is 0 Å². The molecule has 0 spiro atoms. The van der Waals surface area contributed by atoms with Gasteiger partial charge < -0.3 is 34.1 Å². The van der Waals surface area contributed by atoms with Crippen LogP contribution in [0.2, 0.25) is 0 Å². The number of aromatic nitrogens is 4. The Morgan fingerprint density at radius 3 is 2.52 bits per heavy atom. The van der Waals surface area contributed by atoms with Crippen LogP contribution >= 0.6 is 7.60 Å². The molecule has 0 bridgehead atoms. The average molecular weight is 459 g/mol. The molecule has 0 radical (unpaired) electrons. The lowest BCUT2D eigenvalue weighted by Gasteiger charge is -2.19. The van der Waals surface area contributed by atoms with E-state index in [-0.39, 0.29) is 22.9 Å². The lowest BCUT2D eigenvalue weighted by atomic mass is 9.96. The summed E-state index contributed by atoms with van der Waals surface area (Å²) >= 11 is 0. The summed E-state index contributed by atoms with van der Waals surface area (Å²) in [5.74, 6) is -0.0607. The van der Waals surface area contributed by atoms with Crippen LogP contribution in [0.1, 0.15) is 27.0 Å². The van der Waals surface area contributed by atoms with E-state index in [0.717, 1.165) is 0 Å². The summed E-state index contributed by atoms with van der Waals surface area (Å²) in [6.45, 7) is 5.28. The molecule has 1 saturated heterocycles. The SMILES string of the molecule is COP(=O)(CO[C@H]1O[C@@H](n2cnc3c(NC(=O)C(C)(C)C)ncnc32)[C@H](O)[C@@H]1O)OC. The monoisotopic (exact) mass is 459 g/mol. The van der Waals surface area contributed by atoms with Gasteiger partial charge in [-0.25, -0.2) is 15.0 Å². The Morgan fingerprint density at radius 1 is 1.23 bits per heavy atom. The summed E-state index contributed by atoms with van der Waals surface area (Å²) in [6, 6.07) is 0. The maximum atomic E-state index is 12.3. The number of aliphatic hydroxyl groups excluding tert-OH is 2. The lowest BCUT2D eigenvalue weighted by Crippen LogP contribution is -2.33. The van der Waals surface area contributed by atoms with E-state index in [4.69, 9.17) is 18.5 Å². The van der Waals surface area contributed by atoms with Crippen molar-refractivity contribution >= 4 is 30.5 Å². The molecule has 1 aliphatic rings. The number of hydrogen-bond acceptors (Lipinski definition) is 11. The van der Waals surface area contributed by atoms with Crippen molar-refractivity contribution in [1.29, 1.82) is 0 Å². The first-order chi connectivity index (χ1) is 14.5. The zero-order valence-corrected chi connectivity index (χ0v) is 18.6. The molecule has 2 aromatic heterocycles. The zero-order chi connectivity index (χ0) is 23.0. The van der Waals surface area contributed by atoms with E-state index in [1.807, 2.05) is 0 Å². The summed E-state index contributed by atoms with van der Waals surface area (Å²) in [5.41, 5.74) is -0.114. The van der Waals surface area contributed by atoms with E-state index in [9.17, 15) is 19.6 Å². The Kier molecular flexibility index (Phi) is 6.77. The van der Waals surface area contributed by atoms with Crippen molar-refractivity contribution in [3.63, 3.8) is 0 Å². The molecule has 1 amide bonds. The second kappa shape index (κ2) is 8.87. The summed E-state index contributed by atoms with van der Waals surface area (Å²) in [6.07, 6.45) is -3.20. The number of anilines is 1. The molecule has 0 aromatic carbocycles. The van der Waals surface area contributed by atoms with Crippen LogP contribution in [0.3, 0.4) is 0 Å². The fourth-order valence-corrected chi connectivity index (χ4v) is 3.45. The van der Waals surface area contributed by atoms with Crippen molar-refractivity contribution in [3.05, 3.63) is 12.7 Å². The fourth-order valence-electron chi connectivity index (χ4n) is 2.77. The van der Waals surface area contributed by atoms with Crippen molar-refractivity contribution in [3.8, 4) is 0 Å². The third kappa shape index (κ3) is 4.77. The molecule has 172 valence electrons. The van der Waals surface area contributed by atoms with Gasteiger partial charge in [0.15, 0.2) is 35.8 Å². The van der Waals surface area contributed by atoms with Crippen LogP contribution in [0, 0.1) is 5.41 Å². The third-order valence-electron chi connectivity index (χ3n) is 4.69. The van der Waals surface area contributed by atoms with Gasteiger partial charge in [0.2, 0.25) is 5.91 Å². The van der Waals surface area contributed by atoms with Gasteiger partial charge in [0, 0.05) is 19.6 Å². The first kappa shape index (κ1) is 23.7. The lowest BCUT2D eigenvalue weighted by molar-refractivity contribution is -0.168. The highest BCUT2D eigenvalue weighted by Gasteiger charge is 2.46. The topological polar surface area (TPSA) is 167 Å². The number of ether oxygens (including phenoxy) is 2. The minimum Gasteiger partial charge on any atom is -0.385 e. The van der Waals surface area contributed by atoms with Crippen LogP contribution in [-0.2, 0) is 27.9 Å². The van der Waals surface area contributed by atoms with E-state index in [1.165, 1.54) is 31.4 Å². The van der Waals surface area contributed by atoms with E-state index in [0.29, 0.717) is 0 Å². The minimum atomic E-state index is -3.51. The molecule has 4 atom stereocenters. The summed E-state index contributed by atoms with van der Waals surface area (Å²) in [5, 5.41) is 23.5. The zero-order valence-electron chi connectivity index (χ0n) is 17.8. The molecule has 1 aliphatic heterocycles. The summed E-state index contributed by atoms with van der Waals surface area (Å²) < 4.78 is 34.0. The Balaban J connectivity index is 1.83. The molecular formula is C17H26N5O8P. The quantitative estimate of drug-likeness (QED) is 0.502. The number of aliphatic hydroxyl groups is 2. The highest BCUT2D eigenvalue weighted by atomic mass is 31.2. The van der Waals surface area contributed by atoms with E-state index >= 15 is 0 Å². The van der Waals surface area contributed by atoms with Crippen molar-refractivity contribution in [2.75, 3.05) is 25.9 Å². The van der Waals surface area contributed by atoms with Gasteiger partial charge in [-0.15, -0.1) is 0 Å². The van der Waals surface area contributed by atoms with Gasteiger partial charge in [-0.2, -0.15) is 0 Å². The Bertz CT molecular complexity index is 985. The number of amides is 1. The number of nitrogens with zero attached hydrogens (tertiary/aromatic N) is 4. The number of rotatable bonds is 7. The predicted octanol–water partition coefficient (Wildman–Crippen LogP) is 0.848. The van der Waals surface area contributed by atoms with Crippen LogP contribution in [0.25, 0.3) is 11.2 Å². The molecule has 3 heterocycles. The molecule has 1 fully saturated rings. The van der Waals surface area contributed by atoms with Crippen molar-refractivity contribution in [1.82, 2.24) is 19.5 Å². The highest BCUT2D eigenvalue weighted by molar-refractivity contribution is 7.53. The number of hydrogen-bond donors (Lipinski definition) is 3. The van der Waals surface area contributed by atoms with Gasteiger partial charge in [0.05, 0.1) is 6.33 Å². The van der Waals surface area contributed by atoms with Crippen LogP contribution in [-0.4, -0.2) is 74.7 Å². The summed E-state index contributed by atoms with van der Waals surface area (Å²) in [7, 11) is -1.11. The molecule has 0 unspecified atom stereocenters. The highest BCUT2D eigenvalue weighted by Crippen LogP contribution is 2.47. The van der Waals surface area contributed by atoms with Gasteiger partial charge in [-0.3, -0.25) is 13.9 Å². The Morgan fingerprint density at radius 2 is 1.90 bits per heavy atom. The second-order valence-electron chi connectivity index (χ2n) is 7.90. The number of carbonyl (C=O) groups excluding carboxylic acids is 1. The molecular weight excluding hydrogens is 433 g/mol. The summed E-state index contributed by atoms with van der Waals surface area (Å²) in [4.78, 5) is 24.8. The van der Waals surface area contributed by atoms with Crippen LogP contribution in [0.4, 0.5) is 5.82 Å². The van der Waals surface area contributed by atoms with Gasteiger partial charge in [0.25, 0.3) is 0 Å². The maximum absolute atomic E-state index is 12.3. The molecule has 13 nitrogen and oxygen atoms in total. The van der Waals surface area contributed by atoms with Gasteiger partial charge in [0.1, 0.15) is 18.5 Å².